The maximum absolute atomic E-state index is 12.7. The number of nitrogens with one attached hydrogen (secondary N) is 2. The number of aliphatic carboxylic acids is 1. The van der Waals surface area contributed by atoms with E-state index in [4.69, 9.17) is 5.11 Å². The second-order valence-corrected chi connectivity index (χ2v) is 4.46. The number of hydrogen-bond acceptors (Lipinski definition) is 2. The largest absolute Gasteiger partial charge is 0.480 e. The minimum atomic E-state index is -1.04. The molecule has 0 aliphatic rings. The molecule has 0 saturated heterocycles. The van der Waals surface area contributed by atoms with Gasteiger partial charge < -0.3 is 15.7 Å². The van der Waals surface area contributed by atoms with Crippen LogP contribution >= 0.6 is 0 Å². The number of rotatable bonds is 7. The van der Waals surface area contributed by atoms with Gasteiger partial charge in [0.1, 0.15) is 11.9 Å². The zero-order valence-electron chi connectivity index (χ0n) is 11.4. The topological polar surface area (TPSA) is 78.4 Å². The summed E-state index contributed by atoms with van der Waals surface area (Å²) in [6, 6.07) is 4.63. The fourth-order valence-corrected chi connectivity index (χ4v) is 1.73. The van der Waals surface area contributed by atoms with Crippen molar-refractivity contribution in [1.82, 2.24) is 10.6 Å². The Hall–Kier alpha value is -2.11. The second-order valence-electron chi connectivity index (χ2n) is 4.46. The first kappa shape index (κ1) is 15.9. The lowest BCUT2D eigenvalue weighted by atomic mass is 10.1. The summed E-state index contributed by atoms with van der Waals surface area (Å²) >= 11 is 0. The second kappa shape index (κ2) is 8.14. The SMILES string of the molecule is CCC[C@H](NC(=O)NCCc1ccc(F)cc1)C(=O)O. The Morgan fingerprint density at radius 2 is 1.95 bits per heavy atom. The number of carbonyl (C=O) groups excluding carboxylic acids is 1. The van der Waals surface area contributed by atoms with Crippen molar-refractivity contribution in [3.05, 3.63) is 35.6 Å². The van der Waals surface area contributed by atoms with Crippen LogP contribution in [0.2, 0.25) is 0 Å². The zero-order chi connectivity index (χ0) is 15.0. The van der Waals surface area contributed by atoms with Gasteiger partial charge in [-0.3, -0.25) is 0 Å². The summed E-state index contributed by atoms with van der Waals surface area (Å²) < 4.78 is 12.7. The number of benzene rings is 1. The van der Waals surface area contributed by atoms with E-state index in [1.54, 1.807) is 12.1 Å². The minimum Gasteiger partial charge on any atom is -0.480 e. The maximum atomic E-state index is 12.7. The fourth-order valence-electron chi connectivity index (χ4n) is 1.73. The predicted octanol–water partition coefficient (Wildman–Crippen LogP) is 1.92. The molecular weight excluding hydrogens is 263 g/mol. The van der Waals surface area contributed by atoms with Gasteiger partial charge in [0.05, 0.1) is 0 Å². The highest BCUT2D eigenvalue weighted by Crippen LogP contribution is 2.02. The molecule has 0 unspecified atom stereocenters. The summed E-state index contributed by atoms with van der Waals surface area (Å²) in [5.74, 6) is -1.34. The van der Waals surface area contributed by atoms with Crippen LogP contribution in [0.3, 0.4) is 0 Å². The molecule has 1 rings (SSSR count). The molecule has 0 aliphatic heterocycles. The van der Waals surface area contributed by atoms with E-state index < -0.39 is 18.0 Å². The van der Waals surface area contributed by atoms with E-state index >= 15 is 0 Å². The van der Waals surface area contributed by atoms with Crippen molar-refractivity contribution in [2.24, 2.45) is 0 Å². The summed E-state index contributed by atoms with van der Waals surface area (Å²) in [6.45, 7) is 2.21. The number of halogens is 1. The summed E-state index contributed by atoms with van der Waals surface area (Å²) in [5, 5.41) is 13.9. The van der Waals surface area contributed by atoms with E-state index in [1.807, 2.05) is 6.92 Å². The number of hydrogen-bond donors (Lipinski definition) is 3. The average molecular weight is 282 g/mol. The molecule has 5 nitrogen and oxygen atoms in total. The third-order valence-corrected chi connectivity index (χ3v) is 2.79. The maximum Gasteiger partial charge on any atom is 0.326 e. The van der Waals surface area contributed by atoms with Gasteiger partial charge in [-0.15, -0.1) is 0 Å². The zero-order valence-corrected chi connectivity index (χ0v) is 11.4. The molecule has 0 fully saturated rings. The van der Waals surface area contributed by atoms with E-state index in [9.17, 15) is 14.0 Å². The van der Waals surface area contributed by atoms with Gasteiger partial charge in [0.15, 0.2) is 0 Å². The van der Waals surface area contributed by atoms with Crippen molar-refractivity contribution in [2.75, 3.05) is 6.54 Å². The van der Waals surface area contributed by atoms with Gasteiger partial charge in [-0.2, -0.15) is 0 Å². The minimum absolute atomic E-state index is 0.302. The molecule has 6 heteroatoms. The van der Waals surface area contributed by atoms with E-state index in [0.29, 0.717) is 25.8 Å². The molecule has 2 amide bonds. The van der Waals surface area contributed by atoms with Crippen LogP contribution < -0.4 is 10.6 Å². The molecule has 0 aromatic heterocycles. The van der Waals surface area contributed by atoms with Crippen molar-refractivity contribution in [3.63, 3.8) is 0 Å². The first-order valence-electron chi connectivity index (χ1n) is 6.54. The van der Waals surface area contributed by atoms with Crippen molar-refractivity contribution in [2.45, 2.75) is 32.2 Å². The van der Waals surface area contributed by atoms with Crippen LogP contribution in [0.1, 0.15) is 25.3 Å². The number of carboxylic acid groups (broad SMARTS) is 1. The van der Waals surface area contributed by atoms with Crippen LogP contribution in [0.4, 0.5) is 9.18 Å². The Bertz CT molecular complexity index is 448. The Balaban J connectivity index is 2.32. The van der Waals surface area contributed by atoms with Crippen LogP contribution in [0.25, 0.3) is 0 Å². The van der Waals surface area contributed by atoms with E-state index in [0.717, 1.165) is 5.56 Å². The first-order valence-corrected chi connectivity index (χ1v) is 6.54. The Morgan fingerprint density at radius 1 is 1.30 bits per heavy atom. The van der Waals surface area contributed by atoms with Crippen LogP contribution in [-0.4, -0.2) is 29.7 Å². The molecule has 0 spiro atoms. The van der Waals surface area contributed by atoms with E-state index in [1.165, 1.54) is 12.1 Å². The molecule has 3 N–H and O–H groups in total. The van der Waals surface area contributed by atoms with Gasteiger partial charge in [0, 0.05) is 6.54 Å². The van der Waals surface area contributed by atoms with Gasteiger partial charge in [0.25, 0.3) is 0 Å². The monoisotopic (exact) mass is 282 g/mol. The van der Waals surface area contributed by atoms with Gasteiger partial charge in [0.2, 0.25) is 0 Å². The third kappa shape index (κ3) is 5.69. The molecule has 0 heterocycles. The quantitative estimate of drug-likeness (QED) is 0.715. The molecule has 0 radical (unpaired) electrons. The highest BCUT2D eigenvalue weighted by Gasteiger charge is 2.18. The summed E-state index contributed by atoms with van der Waals surface area (Å²) in [6.07, 6.45) is 1.62. The lowest BCUT2D eigenvalue weighted by Gasteiger charge is -2.14. The fraction of sp³-hybridized carbons (Fsp3) is 0.429. The smallest absolute Gasteiger partial charge is 0.326 e. The van der Waals surface area contributed by atoms with Crippen LogP contribution in [-0.2, 0) is 11.2 Å². The molecule has 0 bridgehead atoms. The Labute approximate surface area is 117 Å². The lowest BCUT2D eigenvalue weighted by Crippen LogP contribution is -2.46. The molecule has 1 aromatic carbocycles. The number of carboxylic acids is 1. The number of amides is 2. The lowest BCUT2D eigenvalue weighted by molar-refractivity contribution is -0.139. The number of urea groups is 1. The Kier molecular flexibility index (Phi) is 6.49. The normalized spacial score (nSPS) is 11.7. The molecule has 0 saturated carbocycles. The molecule has 1 aromatic rings. The van der Waals surface area contributed by atoms with Crippen LogP contribution in [0.5, 0.6) is 0 Å². The average Bonchev–Trinajstić information content (AvgIpc) is 2.40. The molecule has 20 heavy (non-hydrogen) atoms. The summed E-state index contributed by atoms with van der Waals surface area (Å²) in [4.78, 5) is 22.4. The molecule has 0 aliphatic carbocycles. The van der Waals surface area contributed by atoms with Gasteiger partial charge in [-0.1, -0.05) is 25.5 Å². The summed E-state index contributed by atoms with van der Waals surface area (Å²) in [7, 11) is 0. The molecule has 110 valence electrons. The molecular formula is C14H19FN2O3. The summed E-state index contributed by atoms with van der Waals surface area (Å²) in [5.41, 5.74) is 0.898. The van der Waals surface area contributed by atoms with Gasteiger partial charge in [-0.25, -0.2) is 14.0 Å². The van der Waals surface area contributed by atoms with Crippen molar-refractivity contribution in [3.8, 4) is 0 Å². The van der Waals surface area contributed by atoms with Gasteiger partial charge >= 0.3 is 12.0 Å². The third-order valence-electron chi connectivity index (χ3n) is 2.79. The van der Waals surface area contributed by atoms with Crippen molar-refractivity contribution in [1.29, 1.82) is 0 Å². The predicted molar refractivity (Wildman–Crippen MR) is 73.0 cm³/mol. The molecule has 1 atom stereocenters. The van der Waals surface area contributed by atoms with Crippen LogP contribution in [0, 0.1) is 5.82 Å². The van der Waals surface area contributed by atoms with E-state index in [-0.39, 0.29) is 5.82 Å². The van der Waals surface area contributed by atoms with Gasteiger partial charge in [-0.05, 0) is 30.5 Å². The van der Waals surface area contributed by atoms with E-state index in [2.05, 4.69) is 10.6 Å². The van der Waals surface area contributed by atoms with Crippen molar-refractivity contribution < 1.29 is 19.1 Å². The standard InChI is InChI=1S/C14H19FN2O3/c1-2-3-12(13(18)19)17-14(20)16-9-8-10-4-6-11(15)7-5-10/h4-7,12H,2-3,8-9H2,1H3,(H,18,19)(H2,16,17,20)/t12-/m0/s1. The highest BCUT2D eigenvalue weighted by atomic mass is 19.1. The van der Waals surface area contributed by atoms with Crippen LogP contribution in [0.15, 0.2) is 24.3 Å². The Morgan fingerprint density at radius 3 is 2.50 bits per heavy atom. The van der Waals surface area contributed by atoms with Crippen molar-refractivity contribution >= 4 is 12.0 Å². The number of carbonyl (C=O) groups is 2. The highest BCUT2D eigenvalue weighted by molar-refractivity contribution is 5.82. The first-order chi connectivity index (χ1) is 9.52.